The van der Waals surface area contributed by atoms with Gasteiger partial charge in [0.1, 0.15) is 18.5 Å². The predicted octanol–water partition coefficient (Wildman–Crippen LogP) is 2.89. The van der Waals surface area contributed by atoms with Gasteiger partial charge in [-0.2, -0.15) is 0 Å². The largest absolute Gasteiger partial charge is 0.458 e. The van der Waals surface area contributed by atoms with Crippen molar-refractivity contribution in [2.24, 2.45) is 0 Å². The molecule has 0 unspecified atom stereocenters. The van der Waals surface area contributed by atoms with E-state index in [2.05, 4.69) is 49.1 Å². The van der Waals surface area contributed by atoms with Crippen molar-refractivity contribution in [1.29, 1.82) is 0 Å². The molecule has 5 heterocycles. The number of para-hydroxylation sites is 1. The molecule has 0 spiro atoms. The summed E-state index contributed by atoms with van der Waals surface area (Å²) in [5.74, 6) is 1.17. The van der Waals surface area contributed by atoms with E-state index in [0.29, 0.717) is 69.6 Å². The molecular formula is C71H77FN10O15. The summed E-state index contributed by atoms with van der Waals surface area (Å²) in [4.78, 5) is 138. The predicted molar refractivity (Wildman–Crippen MR) is 351 cm³/mol. The Kier molecular flexibility index (Phi) is 23.3. The molecule has 1 aliphatic carbocycles. The van der Waals surface area contributed by atoms with Crippen LogP contribution < -0.4 is 47.7 Å². The fourth-order valence-electron chi connectivity index (χ4n) is 12.2. The molecule has 0 saturated carbocycles. The Morgan fingerprint density at radius 1 is 0.701 bits per heavy atom. The number of anilines is 1. The van der Waals surface area contributed by atoms with Crippen molar-refractivity contribution in [2.45, 2.75) is 109 Å². The maximum absolute atomic E-state index is 15.4. The molecule has 3 atom stereocenters. The van der Waals surface area contributed by atoms with Crippen molar-refractivity contribution in [2.75, 3.05) is 77.3 Å². The summed E-state index contributed by atoms with van der Waals surface area (Å²) in [5, 5.41) is 30.7. The van der Waals surface area contributed by atoms with Crippen LogP contribution in [0.1, 0.15) is 114 Å². The van der Waals surface area contributed by atoms with Gasteiger partial charge in [-0.25, -0.2) is 14.2 Å². The van der Waals surface area contributed by atoms with Crippen molar-refractivity contribution in [3.8, 4) is 23.2 Å². The number of amides is 8. The monoisotopic (exact) mass is 1330 g/mol. The molecule has 8 N–H and O–H groups in total. The molecule has 0 radical (unpaired) electrons. The lowest BCUT2D eigenvalue weighted by atomic mass is 9.81. The van der Waals surface area contributed by atoms with E-state index in [0.717, 1.165) is 22.3 Å². The standard InChI is InChI=1S/C71H77FN10O15/c1-3-71(93)51-35-57-67-49(41-82(57)69(91)50(51)42-97-70(71)92)66-53(22-21-48-43(2)52(72)36-54(80-67)65(48)66)78-60(85)18-11-26-73-61(86)38-77-68(90)55(34-44-12-5-4-6-13-44)79-63(88)39-76-62(87)37-75-59(84)25-28-94-30-32-96-33-31-95-29-27-74-58(83)23-24-64(89)81-40-47-16-8-7-14-45(47)19-20-46-15-9-10-17-56(46)81/h4-10,12-17,35-36,53,55,93H,3,11,18,21-34,37-42H2,1-2H3,(H,73,86)(H,74,83)(H,75,84)(H,76,87)(H,77,90)(H,78,85)(H,79,88)/t53-,55+,71-/m0/s1. The Balaban J connectivity index is 0.580. The minimum absolute atomic E-state index is 0.00220. The van der Waals surface area contributed by atoms with Crippen LogP contribution in [-0.4, -0.2) is 146 Å². The Morgan fingerprint density at radius 2 is 1.36 bits per heavy atom. The number of hydrogen-bond acceptors (Lipinski definition) is 16. The second-order valence-corrected chi connectivity index (χ2v) is 23.8. The first-order valence-electron chi connectivity index (χ1n) is 32.4. The van der Waals surface area contributed by atoms with Crippen LogP contribution in [0.4, 0.5) is 10.1 Å². The van der Waals surface area contributed by atoms with Crippen LogP contribution >= 0.6 is 0 Å². The first-order valence-corrected chi connectivity index (χ1v) is 32.4. The van der Waals surface area contributed by atoms with Crippen LogP contribution in [0.25, 0.3) is 22.3 Å². The van der Waals surface area contributed by atoms with Gasteiger partial charge in [0, 0.05) is 78.9 Å². The van der Waals surface area contributed by atoms with Gasteiger partial charge in [-0.05, 0) is 84.7 Å². The van der Waals surface area contributed by atoms with Crippen molar-refractivity contribution in [1.82, 2.24) is 46.8 Å². The lowest BCUT2D eigenvalue weighted by Crippen LogP contribution is -2.52. The van der Waals surface area contributed by atoms with E-state index in [1.54, 1.807) is 55.1 Å². The smallest absolute Gasteiger partial charge is 0.343 e. The van der Waals surface area contributed by atoms with E-state index in [1.807, 2.05) is 48.5 Å². The minimum Gasteiger partial charge on any atom is -0.458 e. The molecule has 10 rings (SSSR count). The number of benzene rings is 4. The van der Waals surface area contributed by atoms with Gasteiger partial charge in [-0.3, -0.25) is 43.2 Å². The molecule has 3 aliphatic heterocycles. The number of carbonyl (C=O) groups excluding carboxylic acids is 9. The SMILES string of the molecule is CC[C@@]1(O)C(=O)OCc2c1cc1n(c2=O)Cc2c-1nc1cc(F)c(C)c3c1c2[C@@H](NC(=O)CCCNC(=O)CNC(=O)[C@@H](Cc1ccccc1)NC(=O)CNC(=O)CNC(=O)CCOCCOCCOCCNC(=O)CCC(=O)N1Cc2ccccc2C#Cc2ccccc21)CC3. The first-order chi connectivity index (χ1) is 46.9. The molecular weight excluding hydrogens is 1250 g/mol. The van der Waals surface area contributed by atoms with E-state index in [9.17, 15) is 53.1 Å². The number of pyridine rings is 2. The summed E-state index contributed by atoms with van der Waals surface area (Å²) in [6.45, 7) is 3.54. The molecule has 0 saturated heterocycles. The number of rotatable bonds is 31. The fourth-order valence-corrected chi connectivity index (χ4v) is 12.2. The topological polar surface area (TPSA) is 333 Å². The highest BCUT2D eigenvalue weighted by molar-refractivity contribution is 5.98. The molecule has 0 bridgehead atoms. The Hall–Kier alpha value is -10.2. The summed E-state index contributed by atoms with van der Waals surface area (Å²) in [5.41, 5.74) is 5.33. The van der Waals surface area contributed by atoms with Gasteiger partial charge in [0.2, 0.25) is 47.3 Å². The normalized spacial score (nSPS) is 15.6. The Bertz CT molecular complexity index is 4150. The zero-order valence-corrected chi connectivity index (χ0v) is 54.0. The van der Waals surface area contributed by atoms with Crippen LogP contribution in [-0.2, 0) is 100 Å². The van der Waals surface area contributed by atoms with Gasteiger partial charge >= 0.3 is 5.97 Å². The van der Waals surface area contributed by atoms with Gasteiger partial charge in [0.15, 0.2) is 5.60 Å². The zero-order valence-electron chi connectivity index (χ0n) is 54.0. The average Bonchev–Trinajstić information content (AvgIpc) is 1.61. The van der Waals surface area contributed by atoms with E-state index in [-0.39, 0.29) is 140 Å². The molecule has 4 aromatic carbocycles. The maximum Gasteiger partial charge on any atom is 0.343 e. The number of fused-ring (bicyclic) bond motifs is 7. The molecule has 26 heteroatoms. The number of nitrogens with one attached hydrogen (secondary N) is 7. The molecule has 4 aliphatic rings. The lowest BCUT2D eigenvalue weighted by molar-refractivity contribution is -0.172. The average molecular weight is 1330 g/mol. The Morgan fingerprint density at radius 3 is 2.14 bits per heavy atom. The summed E-state index contributed by atoms with van der Waals surface area (Å²) >= 11 is 0. The number of ether oxygens (including phenoxy) is 4. The zero-order chi connectivity index (χ0) is 68.6. The third-order valence-electron chi connectivity index (χ3n) is 17.4. The first kappa shape index (κ1) is 69.6. The molecule has 0 fully saturated rings. The number of aryl methyl sites for hydroxylation is 1. The highest BCUT2D eigenvalue weighted by Gasteiger charge is 2.46. The van der Waals surface area contributed by atoms with Crippen LogP contribution in [0.2, 0.25) is 0 Å². The molecule has 8 amide bonds. The van der Waals surface area contributed by atoms with Crippen LogP contribution in [0.15, 0.2) is 95.8 Å². The Labute approximate surface area is 558 Å². The number of carbonyl (C=O) groups is 9. The molecule has 97 heavy (non-hydrogen) atoms. The second-order valence-electron chi connectivity index (χ2n) is 23.8. The molecule has 6 aromatic rings. The van der Waals surface area contributed by atoms with Gasteiger partial charge < -0.3 is 70.7 Å². The quantitative estimate of drug-likeness (QED) is 0.0176. The number of aromatic nitrogens is 2. The summed E-state index contributed by atoms with van der Waals surface area (Å²) in [6.07, 6.45) is 1.05. The fraction of sp³-hybridized carbons (Fsp3) is 0.394. The molecule has 25 nitrogen and oxygen atoms in total. The lowest BCUT2D eigenvalue weighted by Gasteiger charge is -2.31. The third-order valence-corrected chi connectivity index (χ3v) is 17.4. The highest BCUT2D eigenvalue weighted by atomic mass is 19.1. The van der Waals surface area contributed by atoms with Crippen molar-refractivity contribution < 1.29 is 71.6 Å². The summed E-state index contributed by atoms with van der Waals surface area (Å²) in [6, 6.07) is 25.2. The number of halogens is 1. The minimum atomic E-state index is -2.05. The molecule has 508 valence electrons. The number of esters is 1. The number of cyclic esters (lactones) is 1. The van der Waals surface area contributed by atoms with Crippen molar-refractivity contribution in [3.05, 3.63) is 163 Å². The van der Waals surface area contributed by atoms with E-state index >= 15 is 4.39 Å². The highest BCUT2D eigenvalue weighted by Crippen LogP contribution is 2.46. The summed E-state index contributed by atoms with van der Waals surface area (Å²) < 4.78 is 38.7. The number of hydrogen-bond donors (Lipinski definition) is 8. The van der Waals surface area contributed by atoms with E-state index in [4.69, 9.17) is 23.9 Å². The van der Waals surface area contributed by atoms with Gasteiger partial charge in [-0.1, -0.05) is 79.4 Å². The third kappa shape index (κ3) is 17.1. The van der Waals surface area contributed by atoms with E-state index < -0.39 is 84.2 Å². The van der Waals surface area contributed by atoms with Crippen LogP contribution in [0.3, 0.4) is 0 Å². The van der Waals surface area contributed by atoms with Gasteiger partial charge in [0.05, 0.1) is 107 Å². The van der Waals surface area contributed by atoms with Crippen molar-refractivity contribution in [3.63, 3.8) is 0 Å². The molecule has 2 aromatic heterocycles. The summed E-state index contributed by atoms with van der Waals surface area (Å²) in [7, 11) is 0. The maximum atomic E-state index is 15.4. The van der Waals surface area contributed by atoms with Gasteiger partial charge in [0.25, 0.3) is 5.56 Å². The van der Waals surface area contributed by atoms with Gasteiger partial charge in [-0.15, -0.1) is 0 Å². The van der Waals surface area contributed by atoms with Crippen LogP contribution in [0.5, 0.6) is 0 Å². The van der Waals surface area contributed by atoms with E-state index in [1.165, 1.54) is 10.6 Å². The van der Waals surface area contributed by atoms with Crippen molar-refractivity contribution >= 4 is 69.8 Å². The second kappa shape index (κ2) is 32.5. The van der Waals surface area contributed by atoms with Crippen LogP contribution in [0, 0.1) is 24.6 Å². The number of nitrogens with zero attached hydrogens (tertiary/aromatic N) is 3. The number of aliphatic hydroxyl groups is 1.